The van der Waals surface area contributed by atoms with Gasteiger partial charge in [-0.25, -0.2) is 4.79 Å². The molecule has 2 aliphatic carbocycles. The lowest BCUT2D eigenvalue weighted by molar-refractivity contribution is -0.223. The number of carbonyl (C=O) groups is 1. The fourth-order valence-electron chi connectivity index (χ4n) is 3.88. The summed E-state index contributed by atoms with van der Waals surface area (Å²) in [4.78, 5) is 27.8. The molecule has 4 atom stereocenters. The van der Waals surface area contributed by atoms with Gasteiger partial charge in [0.1, 0.15) is 0 Å². The van der Waals surface area contributed by atoms with Crippen molar-refractivity contribution in [1.29, 1.82) is 0 Å². The van der Waals surface area contributed by atoms with E-state index in [0.29, 0.717) is 30.1 Å². The second-order valence-corrected chi connectivity index (χ2v) is 11.0. The van der Waals surface area contributed by atoms with Crippen LogP contribution >= 0.6 is 29.7 Å². The standard InChI is InChI=1S/C17H29N4O8PS2/c1-21-16-6-4-13-12(3-5-15(16)18-20-21)14(13)11-26-17(22)19-27-9-10-31-32-29-8-7-28-30(23,24)25-2/h12-14H,3-11H2,1-2H3,(H,19,22)(H,23,24)/p-1/t12-,13+,14-/m1/s1. The average Bonchev–Trinajstić information content (AvgIpc) is 3.29. The van der Waals surface area contributed by atoms with Gasteiger partial charge < -0.3 is 22.9 Å². The number of amides is 1. The Balaban J connectivity index is 1.16. The number of nitrogens with zero attached hydrogens (tertiary/aromatic N) is 3. The minimum absolute atomic E-state index is 0.0847. The number of phosphoric acid groups is 1. The van der Waals surface area contributed by atoms with E-state index in [2.05, 4.69) is 24.8 Å². The van der Waals surface area contributed by atoms with Crippen LogP contribution in [0.15, 0.2) is 0 Å². The maximum atomic E-state index is 11.8. The van der Waals surface area contributed by atoms with Crippen LogP contribution in [0.5, 0.6) is 0 Å². The monoisotopic (exact) mass is 511 g/mol. The van der Waals surface area contributed by atoms with Gasteiger partial charge in [-0.15, -0.1) is 5.10 Å². The second-order valence-electron chi connectivity index (χ2n) is 7.40. The zero-order valence-corrected chi connectivity index (χ0v) is 20.5. The third-order valence-electron chi connectivity index (χ3n) is 5.53. The number of hydroxylamine groups is 1. The number of hydrogen-bond donors (Lipinski definition) is 1. The highest BCUT2D eigenvalue weighted by molar-refractivity contribution is 8.74. The van der Waals surface area contributed by atoms with Gasteiger partial charge in [-0.05, 0) is 43.4 Å². The van der Waals surface area contributed by atoms with Gasteiger partial charge in [0.05, 0.1) is 48.9 Å². The molecule has 15 heteroatoms. The molecule has 1 aromatic heterocycles. The lowest BCUT2D eigenvalue weighted by Gasteiger charge is -2.19. The van der Waals surface area contributed by atoms with Crippen molar-refractivity contribution < 1.29 is 37.1 Å². The van der Waals surface area contributed by atoms with Crippen LogP contribution in [0.2, 0.25) is 0 Å². The largest absolute Gasteiger partial charge is 0.756 e. The second kappa shape index (κ2) is 12.6. The molecule has 0 aromatic carbocycles. The first-order chi connectivity index (χ1) is 15.4. The number of ether oxygens (including phenoxy) is 1. The number of aromatic nitrogens is 3. The van der Waals surface area contributed by atoms with Crippen LogP contribution < -0.4 is 10.4 Å². The van der Waals surface area contributed by atoms with Gasteiger partial charge in [-0.1, -0.05) is 16.0 Å². The first-order valence-electron chi connectivity index (χ1n) is 10.3. The SMILES string of the molecule is COP(=O)([O-])OCCOSSCCONC(=O)OC[C@@H]1[C@@H]2CCc3nnn(C)c3CC[C@@H]21. The molecule has 0 spiro atoms. The Labute approximate surface area is 194 Å². The number of phosphoric ester groups is 1. The molecule has 0 bridgehead atoms. The van der Waals surface area contributed by atoms with E-state index in [-0.39, 0.29) is 19.8 Å². The van der Waals surface area contributed by atoms with Crippen molar-refractivity contribution in [2.45, 2.75) is 25.7 Å². The molecule has 1 fully saturated rings. The van der Waals surface area contributed by atoms with Crippen LogP contribution in [-0.2, 0) is 47.3 Å². The van der Waals surface area contributed by atoms with Crippen LogP contribution in [0, 0.1) is 17.8 Å². The smallest absolute Gasteiger partial charge is 0.431 e. The minimum atomic E-state index is -4.21. The maximum absolute atomic E-state index is 11.8. The Morgan fingerprint density at radius 3 is 2.84 bits per heavy atom. The summed E-state index contributed by atoms with van der Waals surface area (Å²) < 4.78 is 31.9. The molecule has 0 saturated heterocycles. The summed E-state index contributed by atoms with van der Waals surface area (Å²) in [6, 6.07) is 0. The molecular formula is C17H28N4O8PS2-. The predicted octanol–water partition coefficient (Wildman–Crippen LogP) is 1.66. The topological polar surface area (TPSA) is 146 Å². The zero-order valence-electron chi connectivity index (χ0n) is 18.0. The molecule has 1 N–H and O–H groups in total. The Kier molecular flexibility index (Phi) is 10.1. The first kappa shape index (κ1) is 25.8. The van der Waals surface area contributed by atoms with E-state index < -0.39 is 13.9 Å². The summed E-state index contributed by atoms with van der Waals surface area (Å²) in [6.45, 7) is 0.615. The van der Waals surface area contributed by atoms with Gasteiger partial charge in [-0.3, -0.25) is 14.1 Å². The molecule has 182 valence electrons. The lowest BCUT2D eigenvalue weighted by Crippen LogP contribution is -2.26. The quantitative estimate of drug-likeness (QED) is 0.135. The molecule has 1 saturated carbocycles. The molecule has 12 nitrogen and oxygen atoms in total. The first-order valence-corrected chi connectivity index (χ1v) is 14.0. The van der Waals surface area contributed by atoms with Crippen molar-refractivity contribution in [2.75, 3.05) is 39.3 Å². The highest BCUT2D eigenvalue weighted by atomic mass is 33.1. The Hall–Kier alpha value is -0.860. The molecule has 3 rings (SSSR count). The predicted molar refractivity (Wildman–Crippen MR) is 115 cm³/mol. The van der Waals surface area contributed by atoms with Crippen LogP contribution in [0.3, 0.4) is 0 Å². The maximum Gasteiger partial charge on any atom is 0.431 e. The highest BCUT2D eigenvalue weighted by Gasteiger charge is 2.50. The Morgan fingerprint density at radius 1 is 1.28 bits per heavy atom. The molecule has 1 aromatic rings. The number of hydrogen-bond acceptors (Lipinski definition) is 12. The molecule has 1 unspecified atom stereocenters. The van der Waals surface area contributed by atoms with Gasteiger partial charge >= 0.3 is 6.09 Å². The van der Waals surface area contributed by atoms with Crippen LogP contribution in [0.1, 0.15) is 24.2 Å². The summed E-state index contributed by atoms with van der Waals surface area (Å²) in [5.41, 5.74) is 4.59. The van der Waals surface area contributed by atoms with Gasteiger partial charge in [0.15, 0.2) is 0 Å². The van der Waals surface area contributed by atoms with Crippen molar-refractivity contribution in [3.8, 4) is 0 Å². The van der Waals surface area contributed by atoms with Gasteiger partial charge in [0.2, 0.25) is 0 Å². The van der Waals surface area contributed by atoms with E-state index in [0.717, 1.165) is 49.6 Å². The van der Waals surface area contributed by atoms with Gasteiger partial charge in [0.25, 0.3) is 7.82 Å². The summed E-state index contributed by atoms with van der Waals surface area (Å²) in [5.74, 6) is 2.10. The fraction of sp³-hybridized carbons (Fsp3) is 0.824. The van der Waals surface area contributed by atoms with Crippen LogP contribution in [0.25, 0.3) is 0 Å². The molecule has 1 heterocycles. The Bertz CT molecular complexity index is 801. The van der Waals surface area contributed by atoms with E-state index in [1.54, 1.807) is 0 Å². The third-order valence-corrected chi connectivity index (χ3v) is 8.24. The van der Waals surface area contributed by atoms with E-state index in [9.17, 15) is 14.3 Å². The summed E-state index contributed by atoms with van der Waals surface area (Å²) in [7, 11) is 0.0929. The molecule has 32 heavy (non-hydrogen) atoms. The highest BCUT2D eigenvalue weighted by Crippen LogP contribution is 2.52. The molecule has 2 aliphatic rings. The van der Waals surface area contributed by atoms with Gasteiger partial charge in [-0.2, -0.15) is 5.48 Å². The van der Waals surface area contributed by atoms with Gasteiger partial charge in [0, 0.05) is 19.9 Å². The van der Waals surface area contributed by atoms with Crippen molar-refractivity contribution in [1.82, 2.24) is 20.5 Å². The molecular weight excluding hydrogens is 483 g/mol. The fourth-order valence-corrected chi connectivity index (χ4v) is 5.52. The van der Waals surface area contributed by atoms with Crippen molar-refractivity contribution >= 4 is 35.8 Å². The number of nitrogens with one attached hydrogen (secondary N) is 1. The average molecular weight is 512 g/mol. The summed E-state index contributed by atoms with van der Waals surface area (Å²) >= 11 is 1.07. The van der Waals surface area contributed by atoms with E-state index in [1.165, 1.54) is 16.5 Å². The van der Waals surface area contributed by atoms with Crippen LogP contribution in [-0.4, -0.2) is 60.4 Å². The van der Waals surface area contributed by atoms with Crippen molar-refractivity contribution in [3.05, 3.63) is 11.4 Å². The van der Waals surface area contributed by atoms with Crippen molar-refractivity contribution in [2.24, 2.45) is 24.8 Å². The summed E-state index contributed by atoms with van der Waals surface area (Å²) in [6.07, 6.45) is 3.41. The number of fused-ring (bicyclic) bond motifs is 2. The normalized spacial score (nSPS) is 23.9. The van der Waals surface area contributed by atoms with E-state index in [4.69, 9.17) is 13.8 Å². The van der Waals surface area contributed by atoms with E-state index in [1.807, 2.05) is 11.7 Å². The summed E-state index contributed by atoms with van der Waals surface area (Å²) in [5, 5.41) is 8.36. The minimum Gasteiger partial charge on any atom is -0.756 e. The number of rotatable bonds is 13. The molecule has 0 aliphatic heterocycles. The van der Waals surface area contributed by atoms with E-state index >= 15 is 0 Å². The number of carbonyl (C=O) groups excluding carboxylic acids is 1. The van der Waals surface area contributed by atoms with Crippen molar-refractivity contribution in [3.63, 3.8) is 0 Å². The number of aryl methyl sites for hydroxylation is 2. The van der Waals surface area contributed by atoms with Crippen LogP contribution in [0.4, 0.5) is 4.79 Å². The zero-order chi connectivity index (χ0) is 23.0. The Morgan fingerprint density at radius 2 is 2.06 bits per heavy atom. The lowest BCUT2D eigenvalue weighted by atomic mass is 10.0. The molecule has 0 radical (unpaired) electrons. The third kappa shape index (κ3) is 7.87. The molecule has 1 amide bonds.